The summed E-state index contributed by atoms with van der Waals surface area (Å²) in [5, 5.41) is 11.2. The fourth-order valence-corrected chi connectivity index (χ4v) is 3.35. The van der Waals surface area contributed by atoms with Crippen LogP contribution in [0, 0.1) is 17.0 Å². The second kappa shape index (κ2) is 8.04. The molecule has 0 saturated carbocycles. The Labute approximate surface area is 181 Å². The molecule has 0 spiro atoms. The van der Waals surface area contributed by atoms with Crippen LogP contribution in [0.25, 0.3) is 6.08 Å². The minimum atomic E-state index is -0.590. The summed E-state index contributed by atoms with van der Waals surface area (Å²) >= 11 is 5.91. The summed E-state index contributed by atoms with van der Waals surface area (Å²) in [5.74, 6) is -0.339. The number of esters is 1. The lowest BCUT2D eigenvalue weighted by Crippen LogP contribution is -2.08. The standard InChI is InChI=1S/C23H14ClNO6/c1-13-9-18(30-23(27)15-3-2-4-16(24)11-15)12-19-21(13)22(26)20(31-19)10-14-5-7-17(8-6-14)25(28)29/h2-12H,1H3/b20-10-. The first kappa shape index (κ1) is 20.3. The number of fused-ring (bicyclic) bond motifs is 1. The van der Waals surface area contributed by atoms with Gasteiger partial charge in [0.15, 0.2) is 5.76 Å². The summed E-state index contributed by atoms with van der Waals surface area (Å²) in [6, 6.07) is 15.2. The smallest absolute Gasteiger partial charge is 0.343 e. The van der Waals surface area contributed by atoms with Crippen molar-refractivity contribution in [2.45, 2.75) is 6.92 Å². The van der Waals surface area contributed by atoms with E-state index < -0.39 is 10.9 Å². The zero-order valence-corrected chi connectivity index (χ0v) is 16.9. The molecule has 0 bridgehead atoms. The van der Waals surface area contributed by atoms with Crippen molar-refractivity contribution in [3.8, 4) is 11.5 Å². The summed E-state index contributed by atoms with van der Waals surface area (Å²) in [6.07, 6.45) is 1.50. The van der Waals surface area contributed by atoms with E-state index in [-0.39, 0.29) is 28.7 Å². The van der Waals surface area contributed by atoms with Crippen LogP contribution in [0.4, 0.5) is 5.69 Å². The molecule has 0 saturated heterocycles. The molecule has 0 aromatic heterocycles. The largest absolute Gasteiger partial charge is 0.452 e. The van der Waals surface area contributed by atoms with Crippen LogP contribution < -0.4 is 9.47 Å². The molecule has 0 aliphatic carbocycles. The number of aryl methyl sites for hydroxylation is 1. The Balaban J connectivity index is 1.58. The van der Waals surface area contributed by atoms with Crippen molar-refractivity contribution in [2.75, 3.05) is 0 Å². The SMILES string of the molecule is Cc1cc(OC(=O)c2cccc(Cl)c2)cc2c1C(=O)/C(=C/c1ccc([N+](=O)[O-])cc1)O2. The number of Topliss-reactive ketones (excluding diaryl/α,β-unsaturated/α-hetero) is 1. The molecule has 3 aromatic rings. The predicted octanol–water partition coefficient (Wildman–Crippen LogP) is 5.39. The van der Waals surface area contributed by atoms with E-state index in [9.17, 15) is 19.7 Å². The fraction of sp³-hybridized carbons (Fsp3) is 0.0435. The molecule has 0 amide bonds. The molecule has 7 nitrogen and oxygen atoms in total. The number of benzene rings is 3. The minimum Gasteiger partial charge on any atom is -0.452 e. The molecule has 0 N–H and O–H groups in total. The van der Waals surface area contributed by atoms with Gasteiger partial charge in [-0.05, 0) is 60.5 Å². The van der Waals surface area contributed by atoms with Gasteiger partial charge in [-0.25, -0.2) is 4.79 Å². The lowest BCUT2D eigenvalue weighted by Gasteiger charge is -2.08. The van der Waals surface area contributed by atoms with Crippen molar-refractivity contribution < 1.29 is 24.0 Å². The third kappa shape index (κ3) is 4.17. The molecule has 3 aromatic carbocycles. The van der Waals surface area contributed by atoms with Crippen molar-refractivity contribution in [3.05, 3.63) is 104 Å². The number of allylic oxidation sites excluding steroid dienone is 1. The van der Waals surface area contributed by atoms with Gasteiger partial charge in [-0.1, -0.05) is 17.7 Å². The number of halogens is 1. The third-order valence-corrected chi connectivity index (χ3v) is 4.85. The maximum atomic E-state index is 12.8. The highest BCUT2D eigenvalue weighted by Gasteiger charge is 2.30. The number of ether oxygens (including phenoxy) is 2. The van der Waals surface area contributed by atoms with Gasteiger partial charge in [0, 0.05) is 23.2 Å². The molecule has 31 heavy (non-hydrogen) atoms. The van der Waals surface area contributed by atoms with Crippen LogP contribution >= 0.6 is 11.6 Å². The van der Waals surface area contributed by atoms with E-state index in [1.165, 1.54) is 42.5 Å². The number of carbonyl (C=O) groups excluding carboxylic acids is 2. The van der Waals surface area contributed by atoms with Gasteiger partial charge in [0.2, 0.25) is 5.78 Å². The van der Waals surface area contributed by atoms with Gasteiger partial charge in [0.05, 0.1) is 16.1 Å². The zero-order valence-electron chi connectivity index (χ0n) is 16.1. The Hall–Kier alpha value is -3.97. The van der Waals surface area contributed by atoms with E-state index in [2.05, 4.69) is 0 Å². The number of hydrogen-bond donors (Lipinski definition) is 0. The predicted molar refractivity (Wildman–Crippen MR) is 114 cm³/mol. The highest BCUT2D eigenvalue weighted by atomic mass is 35.5. The van der Waals surface area contributed by atoms with E-state index >= 15 is 0 Å². The molecule has 0 unspecified atom stereocenters. The Morgan fingerprint density at radius 2 is 1.87 bits per heavy atom. The molecule has 0 fully saturated rings. The van der Waals surface area contributed by atoms with Gasteiger partial charge >= 0.3 is 5.97 Å². The lowest BCUT2D eigenvalue weighted by molar-refractivity contribution is -0.384. The van der Waals surface area contributed by atoms with Crippen LogP contribution in [-0.2, 0) is 0 Å². The van der Waals surface area contributed by atoms with Crippen molar-refractivity contribution in [1.29, 1.82) is 0 Å². The summed E-state index contributed by atoms with van der Waals surface area (Å²) in [7, 11) is 0. The van der Waals surface area contributed by atoms with Gasteiger partial charge in [0.1, 0.15) is 11.5 Å². The molecule has 0 radical (unpaired) electrons. The normalized spacial score (nSPS) is 13.6. The van der Waals surface area contributed by atoms with Crippen LogP contribution in [0.1, 0.15) is 31.8 Å². The Kier molecular flexibility index (Phi) is 5.27. The second-order valence-corrected chi connectivity index (χ2v) is 7.24. The topological polar surface area (TPSA) is 95.7 Å². The third-order valence-electron chi connectivity index (χ3n) is 4.62. The number of rotatable bonds is 4. The Morgan fingerprint density at radius 3 is 2.55 bits per heavy atom. The number of nitrogens with zero attached hydrogens (tertiary/aromatic N) is 1. The number of non-ortho nitro benzene ring substituents is 1. The Bertz CT molecular complexity index is 1260. The molecule has 1 heterocycles. The van der Waals surface area contributed by atoms with E-state index in [1.807, 2.05) is 0 Å². The van der Waals surface area contributed by atoms with Crippen LogP contribution in [0.3, 0.4) is 0 Å². The first-order valence-corrected chi connectivity index (χ1v) is 9.51. The van der Waals surface area contributed by atoms with Gasteiger partial charge in [-0.3, -0.25) is 14.9 Å². The maximum Gasteiger partial charge on any atom is 0.343 e. The number of carbonyl (C=O) groups is 2. The molecule has 4 rings (SSSR count). The second-order valence-electron chi connectivity index (χ2n) is 6.80. The van der Waals surface area contributed by atoms with Crippen molar-refractivity contribution >= 4 is 35.1 Å². The highest BCUT2D eigenvalue weighted by Crippen LogP contribution is 2.37. The zero-order chi connectivity index (χ0) is 22.1. The molecule has 1 aliphatic heterocycles. The first-order valence-electron chi connectivity index (χ1n) is 9.13. The van der Waals surface area contributed by atoms with E-state index in [0.29, 0.717) is 27.3 Å². The Morgan fingerprint density at radius 1 is 1.13 bits per heavy atom. The summed E-state index contributed by atoms with van der Waals surface area (Å²) in [5.41, 5.74) is 1.78. The van der Waals surface area contributed by atoms with Gasteiger partial charge in [0.25, 0.3) is 5.69 Å². The van der Waals surface area contributed by atoms with Crippen LogP contribution in [0.2, 0.25) is 5.02 Å². The van der Waals surface area contributed by atoms with Gasteiger partial charge in [-0.15, -0.1) is 0 Å². The molecule has 1 aliphatic rings. The van der Waals surface area contributed by atoms with E-state index in [0.717, 1.165) is 0 Å². The molecular weight excluding hydrogens is 422 g/mol. The van der Waals surface area contributed by atoms with Crippen molar-refractivity contribution in [3.63, 3.8) is 0 Å². The summed E-state index contributed by atoms with van der Waals surface area (Å²) < 4.78 is 11.1. The van der Waals surface area contributed by atoms with Crippen LogP contribution in [0.15, 0.2) is 66.4 Å². The monoisotopic (exact) mass is 435 g/mol. The summed E-state index contributed by atoms with van der Waals surface area (Å²) in [4.78, 5) is 35.4. The summed E-state index contributed by atoms with van der Waals surface area (Å²) in [6.45, 7) is 1.71. The highest BCUT2D eigenvalue weighted by molar-refractivity contribution is 6.30. The van der Waals surface area contributed by atoms with Gasteiger partial charge in [-0.2, -0.15) is 0 Å². The van der Waals surface area contributed by atoms with Crippen molar-refractivity contribution in [1.82, 2.24) is 0 Å². The number of nitro benzene ring substituents is 1. The van der Waals surface area contributed by atoms with Crippen LogP contribution in [0.5, 0.6) is 11.5 Å². The molecule has 154 valence electrons. The molecular formula is C23H14ClNO6. The van der Waals surface area contributed by atoms with Crippen molar-refractivity contribution in [2.24, 2.45) is 0 Å². The lowest BCUT2D eigenvalue weighted by atomic mass is 10.0. The average Bonchev–Trinajstić information content (AvgIpc) is 3.04. The maximum absolute atomic E-state index is 12.8. The molecule has 8 heteroatoms. The molecule has 0 atom stereocenters. The average molecular weight is 436 g/mol. The number of hydrogen-bond acceptors (Lipinski definition) is 6. The number of ketones is 1. The fourth-order valence-electron chi connectivity index (χ4n) is 3.16. The van der Waals surface area contributed by atoms with Crippen LogP contribution in [-0.4, -0.2) is 16.7 Å². The minimum absolute atomic E-state index is 0.0499. The van der Waals surface area contributed by atoms with E-state index in [4.69, 9.17) is 21.1 Å². The quantitative estimate of drug-likeness (QED) is 0.179. The van der Waals surface area contributed by atoms with Gasteiger partial charge < -0.3 is 9.47 Å². The number of nitro groups is 1. The van der Waals surface area contributed by atoms with E-state index in [1.54, 1.807) is 31.2 Å². The first-order chi connectivity index (χ1) is 14.8.